The molecule has 1 aliphatic heterocycles. The van der Waals surface area contributed by atoms with E-state index in [9.17, 15) is 26.4 Å². The number of ether oxygens (including phenoxy) is 1. The molecule has 1 amide bonds. The van der Waals surface area contributed by atoms with Crippen molar-refractivity contribution in [1.82, 2.24) is 4.90 Å². The molecular weight excluding hydrogens is 387 g/mol. The summed E-state index contributed by atoms with van der Waals surface area (Å²) in [5.41, 5.74) is -4.32. The second kappa shape index (κ2) is 7.21. The minimum absolute atomic E-state index is 0.304. The summed E-state index contributed by atoms with van der Waals surface area (Å²) in [5, 5.41) is 0. The van der Waals surface area contributed by atoms with Crippen molar-refractivity contribution in [3.05, 3.63) is 28.8 Å². The zero-order chi connectivity index (χ0) is 20.6. The van der Waals surface area contributed by atoms with Crippen LogP contribution in [0.5, 0.6) is 5.75 Å². The highest BCUT2D eigenvalue weighted by atomic mass is 32.2. The molecule has 0 bridgehead atoms. The predicted octanol–water partition coefficient (Wildman–Crippen LogP) is 3.56. The largest absolute Gasteiger partial charge is 0.534 e. The van der Waals surface area contributed by atoms with Crippen molar-refractivity contribution < 1.29 is 35.3 Å². The van der Waals surface area contributed by atoms with Crippen LogP contribution in [0.4, 0.5) is 18.0 Å². The van der Waals surface area contributed by atoms with E-state index in [-0.39, 0.29) is 5.75 Å². The van der Waals surface area contributed by atoms with Crippen LogP contribution in [0.15, 0.2) is 12.1 Å². The maximum Gasteiger partial charge on any atom is 0.534 e. The fourth-order valence-corrected chi connectivity index (χ4v) is 3.26. The fraction of sp³-hybridized carbons (Fsp3) is 0.588. The highest BCUT2D eigenvalue weighted by Gasteiger charge is 2.48. The Bertz CT molecular complexity index is 828. The minimum Gasteiger partial charge on any atom is -0.444 e. The Morgan fingerprint density at radius 2 is 1.70 bits per heavy atom. The van der Waals surface area contributed by atoms with Crippen LogP contribution >= 0.6 is 0 Å². The van der Waals surface area contributed by atoms with E-state index in [1.807, 2.05) is 0 Å². The molecule has 27 heavy (non-hydrogen) atoms. The van der Waals surface area contributed by atoms with Gasteiger partial charge in [0.2, 0.25) is 0 Å². The van der Waals surface area contributed by atoms with Gasteiger partial charge in [0.05, 0.1) is 0 Å². The smallest absolute Gasteiger partial charge is 0.444 e. The molecule has 0 atom stereocenters. The fourth-order valence-electron chi connectivity index (χ4n) is 2.75. The summed E-state index contributed by atoms with van der Waals surface area (Å²) in [5.74, 6) is -0.364. The molecule has 10 heteroatoms. The van der Waals surface area contributed by atoms with Crippen LogP contribution in [0.3, 0.4) is 0 Å². The summed E-state index contributed by atoms with van der Waals surface area (Å²) < 4.78 is 69.8. The van der Waals surface area contributed by atoms with Crippen LogP contribution in [0.25, 0.3) is 0 Å². The lowest BCUT2D eigenvalue weighted by molar-refractivity contribution is -0.0500. The lowest BCUT2D eigenvalue weighted by Crippen LogP contribution is -2.38. The SMILES string of the molecule is Cc1c(OS(=O)(=O)C(F)(F)F)ccc2c1CCN(C(=O)OC(C)(C)C)CC2. The maximum atomic E-state index is 12.6. The van der Waals surface area contributed by atoms with E-state index in [1.54, 1.807) is 20.8 Å². The first-order valence-corrected chi connectivity index (χ1v) is 9.72. The standard InChI is InChI=1S/C17H22F3NO5S/c1-11-13-8-10-21(15(22)25-16(2,3)4)9-7-12(13)5-6-14(11)26-27(23,24)17(18,19)20/h5-6H,7-10H2,1-4H3. The topological polar surface area (TPSA) is 72.9 Å². The average molecular weight is 409 g/mol. The number of amides is 1. The third-order valence-corrected chi connectivity index (χ3v) is 5.03. The molecule has 0 aliphatic carbocycles. The second-order valence-electron chi connectivity index (χ2n) is 7.28. The van der Waals surface area contributed by atoms with Crippen molar-refractivity contribution in [3.63, 3.8) is 0 Å². The van der Waals surface area contributed by atoms with Crippen molar-refractivity contribution in [2.45, 2.75) is 51.6 Å². The molecule has 0 N–H and O–H groups in total. The second-order valence-corrected chi connectivity index (χ2v) is 8.81. The van der Waals surface area contributed by atoms with Crippen molar-refractivity contribution in [2.24, 2.45) is 0 Å². The van der Waals surface area contributed by atoms with Gasteiger partial charge in [-0.05, 0) is 63.3 Å². The first kappa shape index (κ1) is 21.3. The van der Waals surface area contributed by atoms with Gasteiger partial charge in [0, 0.05) is 13.1 Å². The third-order valence-electron chi connectivity index (χ3n) is 4.06. The molecule has 0 spiro atoms. The van der Waals surface area contributed by atoms with Gasteiger partial charge in [0.25, 0.3) is 0 Å². The first-order valence-electron chi connectivity index (χ1n) is 8.31. The number of carbonyl (C=O) groups is 1. The molecule has 1 aromatic rings. The molecule has 1 aliphatic rings. The molecule has 0 radical (unpaired) electrons. The minimum atomic E-state index is -5.74. The first-order chi connectivity index (χ1) is 12.2. The van der Waals surface area contributed by atoms with Crippen molar-refractivity contribution in [3.8, 4) is 5.75 Å². The predicted molar refractivity (Wildman–Crippen MR) is 92.0 cm³/mol. The van der Waals surface area contributed by atoms with Gasteiger partial charge in [-0.3, -0.25) is 0 Å². The Balaban J connectivity index is 2.23. The van der Waals surface area contributed by atoms with Gasteiger partial charge >= 0.3 is 21.7 Å². The van der Waals surface area contributed by atoms with Crippen LogP contribution in [-0.2, 0) is 27.7 Å². The monoisotopic (exact) mass is 409 g/mol. The van der Waals surface area contributed by atoms with Crippen LogP contribution < -0.4 is 4.18 Å². The van der Waals surface area contributed by atoms with Crippen molar-refractivity contribution in [2.75, 3.05) is 13.1 Å². The highest BCUT2D eigenvalue weighted by molar-refractivity contribution is 7.88. The van der Waals surface area contributed by atoms with E-state index in [4.69, 9.17) is 4.74 Å². The van der Waals surface area contributed by atoms with E-state index in [0.717, 1.165) is 5.56 Å². The highest BCUT2D eigenvalue weighted by Crippen LogP contribution is 2.32. The molecule has 1 aromatic carbocycles. The summed E-state index contributed by atoms with van der Waals surface area (Å²) in [4.78, 5) is 13.8. The van der Waals surface area contributed by atoms with Gasteiger partial charge < -0.3 is 13.8 Å². The third kappa shape index (κ3) is 5.06. The number of carbonyl (C=O) groups excluding carboxylic acids is 1. The Morgan fingerprint density at radius 3 is 2.26 bits per heavy atom. The van der Waals surface area contributed by atoms with E-state index < -0.39 is 27.3 Å². The van der Waals surface area contributed by atoms with Crippen molar-refractivity contribution in [1.29, 1.82) is 0 Å². The molecule has 0 saturated carbocycles. The van der Waals surface area contributed by atoms with Gasteiger partial charge in [-0.15, -0.1) is 0 Å². The molecular formula is C17H22F3NO5S. The number of hydrogen-bond donors (Lipinski definition) is 0. The summed E-state index contributed by atoms with van der Waals surface area (Å²) in [6.07, 6.45) is 0.356. The van der Waals surface area contributed by atoms with Gasteiger partial charge in [-0.2, -0.15) is 21.6 Å². The van der Waals surface area contributed by atoms with Gasteiger partial charge in [0.15, 0.2) is 0 Å². The number of rotatable bonds is 2. The zero-order valence-corrected chi connectivity index (χ0v) is 16.3. The Hall–Kier alpha value is -1.97. The molecule has 0 saturated heterocycles. The van der Waals surface area contributed by atoms with E-state index in [2.05, 4.69) is 4.18 Å². The van der Waals surface area contributed by atoms with E-state index in [1.165, 1.54) is 24.0 Å². The molecule has 2 rings (SSSR count). The van der Waals surface area contributed by atoms with Gasteiger partial charge in [-0.1, -0.05) is 6.07 Å². The number of nitrogens with zero attached hydrogens (tertiary/aromatic N) is 1. The molecule has 0 aromatic heterocycles. The Labute approximate surface area is 156 Å². The lowest BCUT2D eigenvalue weighted by atomic mass is 9.97. The molecule has 6 nitrogen and oxygen atoms in total. The molecule has 0 fully saturated rings. The van der Waals surface area contributed by atoms with Crippen LogP contribution in [0, 0.1) is 6.92 Å². The quantitative estimate of drug-likeness (QED) is 0.552. The number of alkyl halides is 3. The molecule has 152 valence electrons. The van der Waals surface area contributed by atoms with Crippen LogP contribution in [0.2, 0.25) is 0 Å². The molecule has 0 unspecified atom stereocenters. The molecule has 1 heterocycles. The normalized spacial score (nSPS) is 15.7. The average Bonchev–Trinajstić information content (AvgIpc) is 2.70. The van der Waals surface area contributed by atoms with Crippen LogP contribution in [-0.4, -0.2) is 43.6 Å². The van der Waals surface area contributed by atoms with E-state index >= 15 is 0 Å². The Kier molecular flexibility index (Phi) is 5.70. The van der Waals surface area contributed by atoms with Crippen molar-refractivity contribution >= 4 is 16.2 Å². The summed E-state index contributed by atoms with van der Waals surface area (Å²) in [6.45, 7) is 7.47. The Morgan fingerprint density at radius 1 is 1.11 bits per heavy atom. The number of hydrogen-bond acceptors (Lipinski definition) is 5. The number of halogens is 3. The van der Waals surface area contributed by atoms with E-state index in [0.29, 0.717) is 37.1 Å². The van der Waals surface area contributed by atoms with Crippen LogP contribution in [0.1, 0.15) is 37.5 Å². The number of fused-ring (bicyclic) bond motifs is 1. The maximum absolute atomic E-state index is 12.6. The summed E-state index contributed by atoms with van der Waals surface area (Å²) in [6, 6.07) is 2.74. The van der Waals surface area contributed by atoms with Gasteiger partial charge in [-0.25, -0.2) is 4.79 Å². The summed E-state index contributed by atoms with van der Waals surface area (Å²) >= 11 is 0. The summed E-state index contributed by atoms with van der Waals surface area (Å²) in [7, 11) is -5.74. The zero-order valence-electron chi connectivity index (χ0n) is 15.5. The van der Waals surface area contributed by atoms with Gasteiger partial charge in [0.1, 0.15) is 11.4 Å². The number of benzene rings is 1. The lowest BCUT2D eigenvalue weighted by Gasteiger charge is -2.26.